The number of carboxylic acids is 1. The fourth-order valence-electron chi connectivity index (χ4n) is 3.33. The number of carboxylic acid groups (broad SMARTS) is 1. The van der Waals surface area contributed by atoms with Crippen LogP contribution in [0.2, 0.25) is 0 Å². The molecule has 1 atom stereocenters. The van der Waals surface area contributed by atoms with Crippen LogP contribution in [0.15, 0.2) is 18.2 Å². The summed E-state index contributed by atoms with van der Waals surface area (Å²) in [5.41, 5.74) is 1.48. The Morgan fingerprint density at radius 3 is 2.70 bits per heavy atom. The highest BCUT2D eigenvalue weighted by molar-refractivity contribution is 5.77. The van der Waals surface area contributed by atoms with Gasteiger partial charge in [0.05, 0.1) is 19.3 Å². The molecule has 0 amide bonds. The zero-order valence-electron chi connectivity index (χ0n) is 14.5. The number of hydrogen-bond acceptors (Lipinski definition) is 4. The van der Waals surface area contributed by atoms with Gasteiger partial charge in [0.25, 0.3) is 0 Å². The van der Waals surface area contributed by atoms with Gasteiger partial charge in [-0.05, 0) is 25.8 Å². The van der Waals surface area contributed by atoms with Crippen LogP contribution in [0.25, 0.3) is 0 Å². The molecule has 5 heteroatoms. The van der Waals surface area contributed by atoms with Gasteiger partial charge in [-0.25, -0.2) is 0 Å². The van der Waals surface area contributed by atoms with Crippen LogP contribution < -0.4 is 4.74 Å². The van der Waals surface area contributed by atoms with Crippen molar-refractivity contribution >= 4 is 5.97 Å². The first-order valence-corrected chi connectivity index (χ1v) is 8.21. The monoisotopic (exact) mass is 321 g/mol. The number of methoxy groups -OCH3 is 1. The van der Waals surface area contributed by atoms with Crippen molar-refractivity contribution in [3.05, 3.63) is 29.3 Å². The number of aliphatic carboxylic acids is 1. The Morgan fingerprint density at radius 2 is 2.13 bits per heavy atom. The lowest BCUT2D eigenvalue weighted by atomic mass is 9.92. The fourth-order valence-corrected chi connectivity index (χ4v) is 3.33. The molecule has 0 spiro atoms. The molecule has 0 saturated carbocycles. The maximum Gasteiger partial charge on any atom is 0.325 e. The smallest absolute Gasteiger partial charge is 0.325 e. The van der Waals surface area contributed by atoms with Gasteiger partial charge >= 0.3 is 5.97 Å². The molecule has 1 heterocycles. The summed E-state index contributed by atoms with van der Waals surface area (Å²) in [4.78, 5) is 14.0. The molecular formula is C18H27NO4. The second kappa shape index (κ2) is 7.32. The van der Waals surface area contributed by atoms with Crippen molar-refractivity contribution in [2.75, 3.05) is 26.8 Å². The summed E-state index contributed by atoms with van der Waals surface area (Å²) in [6.45, 7) is 7.93. The van der Waals surface area contributed by atoms with Gasteiger partial charge in [-0.2, -0.15) is 0 Å². The minimum Gasteiger partial charge on any atom is -0.496 e. The summed E-state index contributed by atoms with van der Waals surface area (Å²) in [6, 6.07) is 4.97. The number of nitrogens with zero attached hydrogens (tertiary/aromatic N) is 1. The van der Waals surface area contributed by atoms with Gasteiger partial charge in [0.2, 0.25) is 0 Å². The van der Waals surface area contributed by atoms with Gasteiger partial charge in [-0.3, -0.25) is 9.69 Å². The minimum atomic E-state index is -0.850. The summed E-state index contributed by atoms with van der Waals surface area (Å²) in [5.74, 6) is -0.231. The SMILES string of the molecule is CCC1(CC)CN(C(C(=O)O)c2cc(C)ccc2OC)CCO1. The molecule has 0 aliphatic carbocycles. The molecule has 128 valence electrons. The van der Waals surface area contributed by atoms with Crippen molar-refractivity contribution in [3.63, 3.8) is 0 Å². The van der Waals surface area contributed by atoms with Crippen molar-refractivity contribution in [2.45, 2.75) is 45.3 Å². The molecule has 0 aromatic heterocycles. The number of carbonyl (C=O) groups is 1. The van der Waals surface area contributed by atoms with Gasteiger partial charge in [0.1, 0.15) is 11.8 Å². The van der Waals surface area contributed by atoms with E-state index in [1.54, 1.807) is 7.11 Å². The van der Waals surface area contributed by atoms with E-state index >= 15 is 0 Å². The second-order valence-corrected chi connectivity index (χ2v) is 6.20. The lowest BCUT2D eigenvalue weighted by molar-refractivity contribution is -0.155. The van der Waals surface area contributed by atoms with E-state index in [1.165, 1.54) is 0 Å². The molecule has 1 saturated heterocycles. The Hall–Kier alpha value is -1.59. The van der Waals surface area contributed by atoms with Crippen LogP contribution in [0, 0.1) is 6.92 Å². The number of hydrogen-bond donors (Lipinski definition) is 1. The van der Waals surface area contributed by atoms with Gasteiger partial charge in [0, 0.05) is 18.7 Å². The predicted molar refractivity (Wildman–Crippen MR) is 88.9 cm³/mol. The third kappa shape index (κ3) is 3.67. The van der Waals surface area contributed by atoms with Crippen LogP contribution in [-0.4, -0.2) is 48.4 Å². The van der Waals surface area contributed by atoms with Gasteiger partial charge in [-0.1, -0.05) is 31.5 Å². The number of morpholine rings is 1. The van der Waals surface area contributed by atoms with Crippen LogP contribution in [-0.2, 0) is 9.53 Å². The number of rotatable bonds is 6. The van der Waals surface area contributed by atoms with Crippen LogP contribution >= 0.6 is 0 Å². The van der Waals surface area contributed by atoms with Gasteiger partial charge in [-0.15, -0.1) is 0 Å². The van der Waals surface area contributed by atoms with E-state index in [2.05, 4.69) is 13.8 Å². The van der Waals surface area contributed by atoms with E-state index in [1.807, 2.05) is 30.0 Å². The predicted octanol–water partition coefficient (Wildman–Crippen LogP) is 3.02. The third-order valence-electron chi connectivity index (χ3n) is 4.85. The minimum absolute atomic E-state index is 0.261. The quantitative estimate of drug-likeness (QED) is 0.873. The number of ether oxygens (including phenoxy) is 2. The van der Waals surface area contributed by atoms with E-state index in [0.717, 1.165) is 18.4 Å². The standard InChI is InChI=1S/C18H27NO4/c1-5-18(6-2)12-19(9-10-23-18)16(17(20)21)14-11-13(3)7-8-15(14)22-4/h7-8,11,16H,5-6,9-10,12H2,1-4H3,(H,20,21). The molecule has 23 heavy (non-hydrogen) atoms. The molecule has 0 radical (unpaired) electrons. The molecule has 2 rings (SSSR count). The van der Waals surface area contributed by atoms with Crippen molar-refractivity contribution < 1.29 is 19.4 Å². The Labute approximate surface area is 138 Å². The maximum absolute atomic E-state index is 12.0. The largest absolute Gasteiger partial charge is 0.496 e. The Bertz CT molecular complexity index is 554. The molecule has 1 N–H and O–H groups in total. The first-order valence-electron chi connectivity index (χ1n) is 8.21. The molecule has 1 aromatic carbocycles. The second-order valence-electron chi connectivity index (χ2n) is 6.20. The first-order chi connectivity index (χ1) is 11.0. The molecule has 5 nitrogen and oxygen atoms in total. The van der Waals surface area contributed by atoms with Crippen molar-refractivity contribution in [3.8, 4) is 5.75 Å². The highest BCUT2D eigenvalue weighted by Crippen LogP contribution is 2.35. The van der Waals surface area contributed by atoms with E-state index in [4.69, 9.17) is 9.47 Å². The van der Waals surface area contributed by atoms with E-state index < -0.39 is 12.0 Å². The maximum atomic E-state index is 12.0. The molecule has 1 fully saturated rings. The Kier molecular flexibility index (Phi) is 5.65. The number of benzene rings is 1. The Morgan fingerprint density at radius 1 is 1.43 bits per heavy atom. The summed E-state index contributed by atoms with van der Waals surface area (Å²) in [5, 5.41) is 9.87. The highest BCUT2D eigenvalue weighted by atomic mass is 16.5. The fraction of sp³-hybridized carbons (Fsp3) is 0.611. The summed E-state index contributed by atoms with van der Waals surface area (Å²) in [7, 11) is 1.58. The third-order valence-corrected chi connectivity index (χ3v) is 4.85. The lowest BCUT2D eigenvalue weighted by Crippen LogP contribution is -2.53. The zero-order chi connectivity index (χ0) is 17.0. The van der Waals surface area contributed by atoms with Crippen LogP contribution in [0.5, 0.6) is 5.75 Å². The van der Waals surface area contributed by atoms with Crippen LogP contribution in [0.4, 0.5) is 0 Å². The van der Waals surface area contributed by atoms with Crippen LogP contribution in [0.1, 0.15) is 43.9 Å². The molecular weight excluding hydrogens is 294 g/mol. The van der Waals surface area contributed by atoms with E-state index in [0.29, 0.717) is 31.0 Å². The molecule has 1 aliphatic rings. The highest BCUT2D eigenvalue weighted by Gasteiger charge is 2.39. The average molecular weight is 321 g/mol. The van der Waals surface area contributed by atoms with Crippen molar-refractivity contribution in [2.24, 2.45) is 0 Å². The molecule has 1 aromatic rings. The topological polar surface area (TPSA) is 59.0 Å². The van der Waals surface area contributed by atoms with Crippen molar-refractivity contribution in [1.29, 1.82) is 0 Å². The summed E-state index contributed by atoms with van der Waals surface area (Å²) < 4.78 is 11.4. The Balaban J connectivity index is 2.39. The zero-order valence-corrected chi connectivity index (χ0v) is 14.5. The molecule has 1 unspecified atom stereocenters. The van der Waals surface area contributed by atoms with Crippen LogP contribution in [0.3, 0.4) is 0 Å². The number of aryl methyl sites for hydroxylation is 1. The van der Waals surface area contributed by atoms with Crippen molar-refractivity contribution in [1.82, 2.24) is 4.90 Å². The normalized spacial score (nSPS) is 19.3. The lowest BCUT2D eigenvalue weighted by Gasteiger charge is -2.44. The van der Waals surface area contributed by atoms with E-state index in [-0.39, 0.29) is 5.60 Å². The molecule has 1 aliphatic heterocycles. The van der Waals surface area contributed by atoms with Gasteiger partial charge in [0.15, 0.2) is 0 Å². The average Bonchev–Trinajstić information content (AvgIpc) is 2.55. The van der Waals surface area contributed by atoms with Gasteiger partial charge < -0.3 is 14.6 Å². The summed E-state index contributed by atoms with van der Waals surface area (Å²) >= 11 is 0. The van der Waals surface area contributed by atoms with E-state index in [9.17, 15) is 9.90 Å². The summed E-state index contributed by atoms with van der Waals surface area (Å²) in [6.07, 6.45) is 1.74. The molecule has 0 bridgehead atoms. The first kappa shape index (κ1) is 17.8.